The molecule has 0 atom stereocenters. The largest absolute Gasteiger partial charge is 0.355 e. The molecule has 2 saturated heterocycles. The van der Waals surface area contributed by atoms with Gasteiger partial charge in [0, 0.05) is 32.4 Å². The Morgan fingerprint density at radius 2 is 1.62 bits per heavy atom. The van der Waals surface area contributed by atoms with Crippen LogP contribution in [0.25, 0.3) is 0 Å². The second kappa shape index (κ2) is 6.65. The van der Waals surface area contributed by atoms with Crippen molar-refractivity contribution in [3.8, 4) is 0 Å². The van der Waals surface area contributed by atoms with Crippen molar-refractivity contribution >= 4 is 23.3 Å². The molecular formula is C16H22ClN3O. The van der Waals surface area contributed by atoms with E-state index >= 15 is 0 Å². The maximum Gasteiger partial charge on any atom is 0.255 e. The molecule has 0 N–H and O–H groups in total. The summed E-state index contributed by atoms with van der Waals surface area (Å²) in [6.07, 6.45) is 8.75. The fourth-order valence-electron chi connectivity index (χ4n) is 3.17. The molecule has 2 fully saturated rings. The van der Waals surface area contributed by atoms with Gasteiger partial charge in [-0.25, -0.2) is 4.98 Å². The van der Waals surface area contributed by atoms with Gasteiger partial charge in [0.05, 0.1) is 10.6 Å². The minimum Gasteiger partial charge on any atom is -0.355 e. The fourth-order valence-corrected chi connectivity index (χ4v) is 3.45. The highest BCUT2D eigenvalue weighted by molar-refractivity contribution is 6.33. The Morgan fingerprint density at radius 1 is 1.00 bits per heavy atom. The second-order valence-corrected chi connectivity index (χ2v) is 6.34. The van der Waals surface area contributed by atoms with Crippen molar-refractivity contribution < 1.29 is 4.79 Å². The van der Waals surface area contributed by atoms with Gasteiger partial charge in [-0.1, -0.05) is 11.6 Å². The van der Waals surface area contributed by atoms with Crippen LogP contribution >= 0.6 is 11.6 Å². The number of carbonyl (C=O) groups is 1. The highest BCUT2D eigenvalue weighted by Crippen LogP contribution is 2.27. The number of hydrogen-bond donors (Lipinski definition) is 0. The molecular weight excluding hydrogens is 286 g/mol. The van der Waals surface area contributed by atoms with Gasteiger partial charge in [-0.2, -0.15) is 0 Å². The fraction of sp³-hybridized carbons (Fsp3) is 0.625. The molecule has 3 heterocycles. The van der Waals surface area contributed by atoms with E-state index < -0.39 is 0 Å². The third-order valence-corrected chi connectivity index (χ3v) is 4.65. The number of halogens is 1. The van der Waals surface area contributed by atoms with Crippen LogP contribution < -0.4 is 4.90 Å². The Morgan fingerprint density at radius 3 is 2.24 bits per heavy atom. The molecule has 0 spiro atoms. The Hall–Kier alpha value is -1.29. The first-order valence-electron chi connectivity index (χ1n) is 7.95. The first kappa shape index (κ1) is 14.6. The van der Waals surface area contributed by atoms with E-state index in [1.165, 1.54) is 25.7 Å². The number of hydrogen-bond acceptors (Lipinski definition) is 3. The first-order valence-corrected chi connectivity index (χ1v) is 8.33. The zero-order valence-corrected chi connectivity index (χ0v) is 13.1. The van der Waals surface area contributed by atoms with E-state index in [9.17, 15) is 4.79 Å². The third-order valence-electron chi connectivity index (χ3n) is 4.37. The molecule has 1 aromatic rings. The number of nitrogens with zero attached hydrogens (tertiary/aromatic N) is 3. The van der Waals surface area contributed by atoms with Crippen LogP contribution in [0.2, 0.25) is 5.02 Å². The minimum atomic E-state index is 0.0642. The van der Waals surface area contributed by atoms with Crippen LogP contribution in [0.1, 0.15) is 48.9 Å². The summed E-state index contributed by atoms with van der Waals surface area (Å²) >= 11 is 6.37. The number of aromatic nitrogens is 1. The summed E-state index contributed by atoms with van der Waals surface area (Å²) in [5.41, 5.74) is 0.614. The summed E-state index contributed by atoms with van der Waals surface area (Å²) in [6, 6.07) is 1.79. The van der Waals surface area contributed by atoms with Gasteiger partial charge in [-0.15, -0.1) is 0 Å². The summed E-state index contributed by atoms with van der Waals surface area (Å²) < 4.78 is 0. The number of piperidine rings is 2. The molecule has 5 heteroatoms. The van der Waals surface area contributed by atoms with Crippen LogP contribution in [0.15, 0.2) is 12.3 Å². The molecule has 0 aliphatic carbocycles. The van der Waals surface area contributed by atoms with Crippen molar-refractivity contribution in [1.82, 2.24) is 9.88 Å². The topological polar surface area (TPSA) is 36.4 Å². The van der Waals surface area contributed by atoms with Gasteiger partial charge >= 0.3 is 0 Å². The van der Waals surface area contributed by atoms with E-state index in [4.69, 9.17) is 11.6 Å². The van der Waals surface area contributed by atoms with E-state index in [0.717, 1.165) is 44.8 Å². The van der Waals surface area contributed by atoms with Crippen molar-refractivity contribution in [2.24, 2.45) is 0 Å². The Balaban J connectivity index is 1.75. The van der Waals surface area contributed by atoms with Crippen molar-refractivity contribution in [1.29, 1.82) is 0 Å². The highest BCUT2D eigenvalue weighted by Gasteiger charge is 2.21. The molecule has 2 aliphatic rings. The summed E-state index contributed by atoms with van der Waals surface area (Å²) in [4.78, 5) is 21.1. The van der Waals surface area contributed by atoms with Gasteiger partial charge in [0.15, 0.2) is 0 Å². The lowest BCUT2D eigenvalue weighted by atomic mass is 10.1. The number of carbonyl (C=O) groups excluding carboxylic acids is 1. The van der Waals surface area contributed by atoms with Crippen molar-refractivity contribution in [3.05, 3.63) is 22.8 Å². The number of amides is 1. The van der Waals surface area contributed by atoms with Crippen LogP contribution in [0.3, 0.4) is 0 Å². The average Bonchev–Trinajstić information content (AvgIpc) is 2.55. The summed E-state index contributed by atoms with van der Waals surface area (Å²) in [6.45, 7) is 3.72. The van der Waals surface area contributed by atoms with Gasteiger partial charge in [0.1, 0.15) is 5.82 Å². The van der Waals surface area contributed by atoms with E-state index in [1.54, 1.807) is 12.3 Å². The second-order valence-electron chi connectivity index (χ2n) is 5.93. The van der Waals surface area contributed by atoms with Gasteiger partial charge in [0.25, 0.3) is 5.91 Å². The van der Waals surface area contributed by atoms with Crippen molar-refractivity contribution in [3.63, 3.8) is 0 Å². The van der Waals surface area contributed by atoms with Crippen LogP contribution in [0.4, 0.5) is 5.82 Å². The zero-order chi connectivity index (χ0) is 14.7. The van der Waals surface area contributed by atoms with E-state index in [2.05, 4.69) is 9.88 Å². The molecule has 1 aromatic heterocycles. The monoisotopic (exact) mass is 307 g/mol. The molecule has 2 aliphatic heterocycles. The number of likely N-dealkylation sites (tertiary alicyclic amines) is 1. The Labute approximate surface area is 131 Å². The third kappa shape index (κ3) is 3.31. The van der Waals surface area contributed by atoms with Gasteiger partial charge < -0.3 is 9.80 Å². The molecule has 0 bridgehead atoms. The lowest BCUT2D eigenvalue weighted by Gasteiger charge is -2.29. The average molecular weight is 308 g/mol. The minimum absolute atomic E-state index is 0.0642. The van der Waals surface area contributed by atoms with Crippen LogP contribution in [0.5, 0.6) is 0 Å². The van der Waals surface area contributed by atoms with Crippen molar-refractivity contribution in [2.75, 3.05) is 31.1 Å². The first-order chi connectivity index (χ1) is 10.3. The zero-order valence-electron chi connectivity index (χ0n) is 12.4. The smallest absolute Gasteiger partial charge is 0.255 e. The van der Waals surface area contributed by atoms with Gasteiger partial charge in [-0.05, 0) is 44.6 Å². The van der Waals surface area contributed by atoms with Crippen LogP contribution in [-0.4, -0.2) is 42.0 Å². The standard InChI is InChI=1S/C16H22ClN3O/c17-14-11-13(16(21)20-9-5-2-6-10-20)12-18-15(14)19-7-3-1-4-8-19/h11-12H,1-10H2. The van der Waals surface area contributed by atoms with Crippen LogP contribution in [0, 0.1) is 0 Å². The number of pyridine rings is 1. The molecule has 0 unspecified atom stereocenters. The molecule has 21 heavy (non-hydrogen) atoms. The maximum absolute atomic E-state index is 12.5. The summed E-state index contributed by atoms with van der Waals surface area (Å²) in [7, 11) is 0. The van der Waals surface area contributed by atoms with Gasteiger partial charge in [0.2, 0.25) is 0 Å². The molecule has 1 amide bonds. The quantitative estimate of drug-likeness (QED) is 0.840. The van der Waals surface area contributed by atoms with Crippen molar-refractivity contribution in [2.45, 2.75) is 38.5 Å². The Bertz CT molecular complexity index is 508. The normalized spacial score (nSPS) is 19.7. The predicted molar refractivity (Wildman–Crippen MR) is 85.1 cm³/mol. The Kier molecular flexibility index (Phi) is 4.63. The summed E-state index contributed by atoms with van der Waals surface area (Å²) in [5, 5.41) is 0.597. The van der Waals surface area contributed by atoms with E-state index in [-0.39, 0.29) is 5.91 Å². The van der Waals surface area contributed by atoms with E-state index in [1.807, 2.05) is 4.90 Å². The predicted octanol–water partition coefficient (Wildman–Crippen LogP) is 3.35. The van der Waals surface area contributed by atoms with Gasteiger partial charge in [-0.3, -0.25) is 4.79 Å². The lowest BCUT2D eigenvalue weighted by Crippen LogP contribution is -2.36. The number of anilines is 1. The molecule has 4 nitrogen and oxygen atoms in total. The summed E-state index contributed by atoms with van der Waals surface area (Å²) in [5.74, 6) is 0.890. The van der Waals surface area contributed by atoms with Crippen LogP contribution in [-0.2, 0) is 0 Å². The molecule has 0 aromatic carbocycles. The lowest BCUT2D eigenvalue weighted by molar-refractivity contribution is 0.0724. The molecule has 3 rings (SSSR count). The molecule has 0 radical (unpaired) electrons. The SMILES string of the molecule is O=C(c1cnc(N2CCCCC2)c(Cl)c1)N1CCCCC1. The molecule has 0 saturated carbocycles. The number of rotatable bonds is 2. The maximum atomic E-state index is 12.5. The van der Waals surface area contributed by atoms with E-state index in [0.29, 0.717) is 10.6 Å². The highest BCUT2D eigenvalue weighted by atomic mass is 35.5. The molecule has 114 valence electrons.